The van der Waals surface area contributed by atoms with Gasteiger partial charge in [-0.1, -0.05) is 12.1 Å². The van der Waals surface area contributed by atoms with Crippen LogP contribution >= 0.6 is 0 Å². The molecule has 2 bridgehead atoms. The molecule has 1 heterocycles. The number of rotatable bonds is 1. The molecule has 2 aliphatic carbocycles. The monoisotopic (exact) mass is 289 g/mol. The number of hydrogen-bond acceptors (Lipinski definition) is 5. The zero-order valence-electron chi connectivity index (χ0n) is 11.1. The van der Waals surface area contributed by atoms with Gasteiger partial charge in [0.2, 0.25) is 11.8 Å². The average Bonchev–Trinajstić information content (AvgIpc) is 3.06. The van der Waals surface area contributed by atoms with E-state index < -0.39 is 24.0 Å². The van der Waals surface area contributed by atoms with E-state index in [1.165, 1.54) is 12.1 Å². The van der Waals surface area contributed by atoms with E-state index >= 15 is 0 Å². The number of aliphatic hydroxyl groups is 2. The molecule has 0 spiro atoms. The van der Waals surface area contributed by atoms with Gasteiger partial charge >= 0.3 is 0 Å². The number of aliphatic hydroxyl groups excluding tert-OH is 2. The number of phenolic OH excluding ortho intramolecular Hbond substituents is 1. The summed E-state index contributed by atoms with van der Waals surface area (Å²) in [5.74, 6) is -2.81. The Morgan fingerprint density at radius 2 is 1.48 bits per heavy atom. The number of fused-ring (bicyclic) bond motifs is 5. The number of aromatic hydroxyl groups is 1. The number of hydrogen-bond donors (Lipinski definition) is 3. The Morgan fingerprint density at radius 3 is 2.00 bits per heavy atom. The Labute approximate surface area is 120 Å². The summed E-state index contributed by atoms with van der Waals surface area (Å²) in [7, 11) is 0. The van der Waals surface area contributed by atoms with E-state index in [0.717, 1.165) is 4.90 Å². The first kappa shape index (κ1) is 12.8. The predicted octanol–water partition coefficient (Wildman–Crippen LogP) is -0.131. The molecule has 2 amide bonds. The van der Waals surface area contributed by atoms with E-state index in [2.05, 4.69) is 0 Å². The second-order valence-corrected chi connectivity index (χ2v) is 6.10. The van der Waals surface area contributed by atoms with Crippen LogP contribution in [0.5, 0.6) is 5.75 Å². The minimum Gasteiger partial charge on any atom is -0.506 e. The molecule has 0 unspecified atom stereocenters. The van der Waals surface area contributed by atoms with Crippen molar-refractivity contribution in [3.63, 3.8) is 0 Å². The summed E-state index contributed by atoms with van der Waals surface area (Å²) in [6, 6.07) is 6.19. The van der Waals surface area contributed by atoms with Crippen LogP contribution in [0.15, 0.2) is 24.3 Å². The molecule has 110 valence electrons. The predicted molar refractivity (Wildman–Crippen MR) is 71.2 cm³/mol. The van der Waals surface area contributed by atoms with Crippen molar-refractivity contribution in [2.24, 2.45) is 23.7 Å². The van der Waals surface area contributed by atoms with Crippen molar-refractivity contribution >= 4 is 17.5 Å². The van der Waals surface area contributed by atoms with Gasteiger partial charge in [0.1, 0.15) is 5.75 Å². The number of anilines is 1. The maximum atomic E-state index is 12.6. The highest BCUT2D eigenvalue weighted by Crippen LogP contribution is 2.57. The molecule has 0 aromatic heterocycles. The van der Waals surface area contributed by atoms with E-state index in [0.29, 0.717) is 6.42 Å². The molecule has 6 nitrogen and oxygen atoms in total. The number of amides is 2. The lowest BCUT2D eigenvalue weighted by Gasteiger charge is -2.29. The maximum absolute atomic E-state index is 12.6. The van der Waals surface area contributed by atoms with Gasteiger partial charge < -0.3 is 15.3 Å². The highest BCUT2D eigenvalue weighted by Gasteiger charge is 2.67. The van der Waals surface area contributed by atoms with E-state index in [-0.39, 0.29) is 35.1 Å². The average molecular weight is 289 g/mol. The van der Waals surface area contributed by atoms with Crippen molar-refractivity contribution in [3.05, 3.63) is 24.3 Å². The van der Waals surface area contributed by atoms with Crippen LogP contribution in [0.25, 0.3) is 0 Å². The first-order chi connectivity index (χ1) is 10.0. The molecule has 1 aliphatic heterocycles. The molecule has 2 saturated carbocycles. The molecule has 1 aromatic rings. The lowest BCUT2D eigenvalue weighted by atomic mass is 9.78. The minimum absolute atomic E-state index is 0.132. The number of carbonyl (C=O) groups excluding carboxylic acids is 2. The van der Waals surface area contributed by atoms with Crippen LogP contribution in [0.1, 0.15) is 6.42 Å². The Bertz CT molecular complexity index is 613. The molecule has 0 radical (unpaired) electrons. The second kappa shape index (κ2) is 4.05. The Hall–Kier alpha value is -1.92. The van der Waals surface area contributed by atoms with Gasteiger partial charge in [-0.25, -0.2) is 4.90 Å². The molecular formula is C15H15NO5. The number of phenols is 1. The molecule has 4 rings (SSSR count). The maximum Gasteiger partial charge on any atom is 0.238 e. The summed E-state index contributed by atoms with van der Waals surface area (Å²) < 4.78 is 0. The third-order valence-corrected chi connectivity index (χ3v) is 5.21. The number of imide groups is 1. The molecular weight excluding hydrogens is 274 g/mol. The van der Waals surface area contributed by atoms with Crippen LogP contribution < -0.4 is 4.90 Å². The van der Waals surface area contributed by atoms with E-state index in [4.69, 9.17) is 0 Å². The summed E-state index contributed by atoms with van der Waals surface area (Å²) in [5, 5.41) is 29.8. The molecule has 1 aromatic carbocycles. The summed E-state index contributed by atoms with van der Waals surface area (Å²) in [6.45, 7) is 0. The zero-order valence-corrected chi connectivity index (χ0v) is 11.1. The fourth-order valence-electron chi connectivity index (χ4n) is 4.32. The van der Waals surface area contributed by atoms with Gasteiger partial charge in [0.25, 0.3) is 0 Å². The van der Waals surface area contributed by atoms with Crippen molar-refractivity contribution in [3.8, 4) is 5.75 Å². The topological polar surface area (TPSA) is 98.1 Å². The molecule has 6 atom stereocenters. The third-order valence-electron chi connectivity index (χ3n) is 5.21. The van der Waals surface area contributed by atoms with Crippen LogP contribution in [0, 0.1) is 23.7 Å². The summed E-state index contributed by atoms with van der Waals surface area (Å²) in [4.78, 5) is 26.2. The summed E-state index contributed by atoms with van der Waals surface area (Å²) >= 11 is 0. The SMILES string of the molecule is O=C1[C@@H]2[C@@H]3C[C@H]([C@H](O)[C@@H]3O)[C@@H]2C(=O)N1c1ccccc1O. The molecule has 21 heavy (non-hydrogen) atoms. The normalized spacial score (nSPS) is 41.0. The largest absolute Gasteiger partial charge is 0.506 e. The Kier molecular flexibility index (Phi) is 2.47. The Morgan fingerprint density at radius 1 is 0.952 bits per heavy atom. The van der Waals surface area contributed by atoms with Gasteiger partial charge in [-0.2, -0.15) is 0 Å². The van der Waals surface area contributed by atoms with Gasteiger partial charge in [0.05, 0.1) is 29.7 Å². The van der Waals surface area contributed by atoms with Crippen LogP contribution in [0.3, 0.4) is 0 Å². The van der Waals surface area contributed by atoms with Gasteiger partial charge in [-0.05, 0) is 18.6 Å². The lowest BCUT2D eigenvalue weighted by molar-refractivity contribution is -0.129. The zero-order chi connectivity index (χ0) is 14.9. The van der Waals surface area contributed by atoms with Crippen molar-refractivity contribution in [2.75, 3.05) is 4.90 Å². The molecule has 3 aliphatic rings. The lowest BCUT2D eigenvalue weighted by Crippen LogP contribution is -2.43. The van der Waals surface area contributed by atoms with Crippen molar-refractivity contribution in [1.29, 1.82) is 0 Å². The third kappa shape index (κ3) is 1.43. The fourth-order valence-corrected chi connectivity index (χ4v) is 4.32. The second-order valence-electron chi connectivity index (χ2n) is 6.10. The highest BCUT2D eigenvalue weighted by atomic mass is 16.3. The van der Waals surface area contributed by atoms with Crippen LogP contribution in [-0.2, 0) is 9.59 Å². The standard InChI is InChI=1S/C15H15NO5/c17-9-4-2-1-3-8(9)16-14(20)10-6-5-7(11(10)15(16)21)13(19)12(6)18/h1-4,6-7,10-13,17-19H,5H2/t6-,7-,10-,11+,12-,13+/m0/s1. The van der Waals surface area contributed by atoms with Gasteiger partial charge in [0.15, 0.2) is 0 Å². The van der Waals surface area contributed by atoms with Crippen molar-refractivity contribution in [1.82, 2.24) is 0 Å². The fraction of sp³-hybridized carbons (Fsp3) is 0.467. The Balaban J connectivity index is 1.77. The number of benzene rings is 1. The van der Waals surface area contributed by atoms with E-state index in [9.17, 15) is 24.9 Å². The van der Waals surface area contributed by atoms with Gasteiger partial charge in [-0.15, -0.1) is 0 Å². The summed E-state index contributed by atoms with van der Waals surface area (Å²) in [5.41, 5.74) is 0.172. The van der Waals surface area contributed by atoms with E-state index in [1.807, 2.05) is 0 Å². The smallest absolute Gasteiger partial charge is 0.238 e. The number of para-hydroxylation sites is 2. The molecule has 3 N–H and O–H groups in total. The number of carbonyl (C=O) groups is 2. The quantitative estimate of drug-likeness (QED) is 0.626. The van der Waals surface area contributed by atoms with Crippen LogP contribution in [0.2, 0.25) is 0 Å². The first-order valence-corrected chi connectivity index (χ1v) is 7.04. The number of nitrogens with zero attached hydrogens (tertiary/aromatic N) is 1. The van der Waals surface area contributed by atoms with Crippen LogP contribution in [0.4, 0.5) is 5.69 Å². The van der Waals surface area contributed by atoms with E-state index in [1.54, 1.807) is 12.1 Å². The first-order valence-electron chi connectivity index (χ1n) is 7.04. The minimum atomic E-state index is -0.947. The van der Waals surface area contributed by atoms with Crippen LogP contribution in [-0.4, -0.2) is 39.3 Å². The van der Waals surface area contributed by atoms with Crippen molar-refractivity contribution in [2.45, 2.75) is 18.6 Å². The highest BCUT2D eigenvalue weighted by molar-refractivity contribution is 6.23. The molecule has 3 fully saturated rings. The summed E-state index contributed by atoms with van der Waals surface area (Å²) in [6.07, 6.45) is -1.39. The van der Waals surface area contributed by atoms with Gasteiger partial charge in [0, 0.05) is 11.8 Å². The molecule has 1 saturated heterocycles. The van der Waals surface area contributed by atoms with Crippen molar-refractivity contribution < 1.29 is 24.9 Å². The molecule has 6 heteroatoms. The van der Waals surface area contributed by atoms with Gasteiger partial charge in [-0.3, -0.25) is 9.59 Å².